The summed E-state index contributed by atoms with van der Waals surface area (Å²) in [7, 11) is 0. The van der Waals surface area contributed by atoms with Gasteiger partial charge in [-0.25, -0.2) is 4.98 Å². The first-order valence-electron chi connectivity index (χ1n) is 11.2. The third kappa shape index (κ3) is 3.77. The van der Waals surface area contributed by atoms with Crippen LogP contribution in [0.4, 0.5) is 0 Å². The van der Waals surface area contributed by atoms with Gasteiger partial charge in [0.05, 0.1) is 28.5 Å². The maximum Gasteiger partial charge on any atom is 0.254 e. The van der Waals surface area contributed by atoms with Crippen LogP contribution in [0, 0.1) is 0 Å². The zero-order valence-corrected chi connectivity index (χ0v) is 19.0. The number of nitrogens with zero attached hydrogens (tertiary/aromatic N) is 3. The first kappa shape index (κ1) is 21.0. The Bertz CT molecular complexity index is 1580. The lowest BCUT2D eigenvalue weighted by molar-refractivity contribution is 0.174. The van der Waals surface area contributed by atoms with Crippen molar-refractivity contribution in [3.05, 3.63) is 81.7 Å². The van der Waals surface area contributed by atoms with E-state index in [1.165, 1.54) is 0 Å². The molecule has 3 aromatic heterocycles. The predicted molar refractivity (Wildman–Crippen MR) is 134 cm³/mol. The number of likely N-dealkylation sites (tertiary alicyclic amines) is 1. The van der Waals surface area contributed by atoms with E-state index < -0.39 is 0 Å². The molecule has 4 heterocycles. The van der Waals surface area contributed by atoms with Gasteiger partial charge in [0.15, 0.2) is 0 Å². The van der Waals surface area contributed by atoms with Gasteiger partial charge >= 0.3 is 0 Å². The van der Waals surface area contributed by atoms with Crippen molar-refractivity contribution in [2.24, 2.45) is 0 Å². The van der Waals surface area contributed by atoms with E-state index >= 15 is 0 Å². The van der Waals surface area contributed by atoms with Crippen molar-refractivity contribution in [3.8, 4) is 22.4 Å². The molecule has 170 valence electrons. The number of rotatable bonds is 4. The molecule has 0 aliphatic carbocycles. The molecule has 0 bridgehead atoms. The van der Waals surface area contributed by atoms with Crippen LogP contribution in [0.1, 0.15) is 12.0 Å². The van der Waals surface area contributed by atoms with Crippen molar-refractivity contribution in [1.29, 1.82) is 0 Å². The Labute approximate surface area is 200 Å². The zero-order valence-electron chi connectivity index (χ0n) is 18.3. The number of fused-ring (bicyclic) bond motifs is 2. The molecule has 1 saturated heterocycles. The van der Waals surface area contributed by atoms with Crippen LogP contribution in [0.2, 0.25) is 5.02 Å². The van der Waals surface area contributed by atoms with Gasteiger partial charge < -0.3 is 10.1 Å². The van der Waals surface area contributed by atoms with Gasteiger partial charge in [-0.05, 0) is 36.2 Å². The van der Waals surface area contributed by atoms with Crippen LogP contribution in [0.25, 0.3) is 44.3 Å². The minimum Gasteiger partial charge on any atom is -0.392 e. The first-order valence-corrected chi connectivity index (χ1v) is 11.6. The van der Waals surface area contributed by atoms with E-state index in [-0.39, 0.29) is 11.7 Å². The molecule has 5 aromatic rings. The normalized spacial score (nSPS) is 16.6. The lowest BCUT2D eigenvalue weighted by Crippen LogP contribution is -2.26. The third-order valence-electron chi connectivity index (χ3n) is 6.41. The molecule has 2 aromatic carbocycles. The van der Waals surface area contributed by atoms with Gasteiger partial charge in [-0.3, -0.25) is 14.8 Å². The SMILES string of the molecule is O=c1[nH]c2nc(-c3ccccc3)c(-c3cc(Cl)c4[nH]ncc4c3)cc2cc1CN1CCC(O)C1. The van der Waals surface area contributed by atoms with Gasteiger partial charge in [0.25, 0.3) is 5.56 Å². The number of nitrogens with one attached hydrogen (secondary N) is 2. The molecular weight excluding hydrogens is 450 g/mol. The summed E-state index contributed by atoms with van der Waals surface area (Å²) < 4.78 is 0. The molecule has 1 fully saturated rings. The number of hydrogen-bond donors (Lipinski definition) is 3. The predicted octanol–water partition coefficient (Wildman–Crippen LogP) is 4.35. The van der Waals surface area contributed by atoms with Gasteiger partial charge in [-0.2, -0.15) is 5.10 Å². The molecule has 0 saturated carbocycles. The highest BCUT2D eigenvalue weighted by molar-refractivity contribution is 6.35. The van der Waals surface area contributed by atoms with E-state index in [4.69, 9.17) is 16.6 Å². The van der Waals surface area contributed by atoms with Crippen LogP contribution in [0.15, 0.2) is 65.6 Å². The number of aromatic amines is 2. The number of halogens is 1. The molecule has 1 unspecified atom stereocenters. The third-order valence-corrected chi connectivity index (χ3v) is 6.70. The monoisotopic (exact) mass is 471 g/mol. The summed E-state index contributed by atoms with van der Waals surface area (Å²) in [4.78, 5) is 22.8. The molecule has 0 spiro atoms. The van der Waals surface area contributed by atoms with Crippen molar-refractivity contribution in [1.82, 2.24) is 25.1 Å². The second-order valence-corrected chi connectivity index (χ2v) is 9.19. The lowest BCUT2D eigenvalue weighted by atomic mass is 9.97. The summed E-state index contributed by atoms with van der Waals surface area (Å²) in [5, 5.41) is 19.2. The lowest BCUT2D eigenvalue weighted by Gasteiger charge is -2.16. The fraction of sp³-hybridized carbons (Fsp3) is 0.192. The van der Waals surface area contributed by atoms with Crippen LogP contribution >= 0.6 is 11.6 Å². The Hall–Kier alpha value is -3.52. The first-order chi connectivity index (χ1) is 16.5. The minimum atomic E-state index is -0.330. The summed E-state index contributed by atoms with van der Waals surface area (Å²) >= 11 is 6.56. The summed E-state index contributed by atoms with van der Waals surface area (Å²) in [6.45, 7) is 1.85. The maximum absolute atomic E-state index is 12.9. The Kier molecular flexibility index (Phi) is 5.17. The fourth-order valence-corrected chi connectivity index (χ4v) is 4.97. The second-order valence-electron chi connectivity index (χ2n) is 8.78. The molecule has 1 atom stereocenters. The Balaban J connectivity index is 1.54. The van der Waals surface area contributed by atoms with Crippen LogP contribution in [0.5, 0.6) is 0 Å². The van der Waals surface area contributed by atoms with Gasteiger partial charge in [0.2, 0.25) is 0 Å². The summed E-state index contributed by atoms with van der Waals surface area (Å²) in [5.74, 6) is 0. The van der Waals surface area contributed by atoms with Gasteiger partial charge in [0, 0.05) is 47.1 Å². The summed E-state index contributed by atoms with van der Waals surface area (Å²) in [6.07, 6.45) is 2.15. The minimum absolute atomic E-state index is 0.156. The van der Waals surface area contributed by atoms with Crippen LogP contribution < -0.4 is 5.56 Å². The average molecular weight is 472 g/mol. The number of β-amino-alcohol motifs (C(OH)–C–C–N with tert-alkyl or cyclic N) is 1. The Morgan fingerprint density at radius 3 is 2.74 bits per heavy atom. The topological polar surface area (TPSA) is 97.9 Å². The molecule has 34 heavy (non-hydrogen) atoms. The molecule has 0 radical (unpaired) electrons. The molecule has 1 aliphatic rings. The van der Waals surface area contributed by atoms with Crippen molar-refractivity contribution in [2.45, 2.75) is 19.1 Å². The Morgan fingerprint density at radius 2 is 1.94 bits per heavy atom. The van der Waals surface area contributed by atoms with Crippen LogP contribution in [-0.2, 0) is 6.54 Å². The van der Waals surface area contributed by atoms with E-state index in [0.29, 0.717) is 29.3 Å². The van der Waals surface area contributed by atoms with Crippen molar-refractivity contribution >= 4 is 33.5 Å². The highest BCUT2D eigenvalue weighted by atomic mass is 35.5. The second kappa shape index (κ2) is 8.36. The molecule has 8 heteroatoms. The van der Waals surface area contributed by atoms with Crippen LogP contribution in [-0.4, -0.2) is 49.4 Å². The van der Waals surface area contributed by atoms with Crippen molar-refractivity contribution in [3.63, 3.8) is 0 Å². The quantitative estimate of drug-likeness (QED) is 0.362. The van der Waals surface area contributed by atoms with Crippen molar-refractivity contribution in [2.75, 3.05) is 13.1 Å². The standard InChI is InChI=1S/C26H22ClN5O2/c27-22-11-16(8-18-12-28-31-24(18)22)21-10-17-9-19(13-32-7-6-20(33)14-32)26(34)30-25(17)29-23(21)15-4-2-1-3-5-15/h1-5,8-12,20,33H,6-7,13-14H2,(H,28,31)(H,29,30,34). The highest BCUT2D eigenvalue weighted by Gasteiger charge is 2.21. The van der Waals surface area contributed by atoms with Crippen LogP contribution in [0.3, 0.4) is 0 Å². The number of aromatic nitrogens is 4. The number of benzene rings is 2. The van der Waals surface area contributed by atoms with E-state index in [0.717, 1.165) is 51.6 Å². The number of aliphatic hydroxyl groups excluding tert-OH is 1. The number of aliphatic hydroxyl groups is 1. The maximum atomic E-state index is 12.9. The van der Waals surface area contributed by atoms with E-state index in [1.807, 2.05) is 48.5 Å². The smallest absolute Gasteiger partial charge is 0.254 e. The van der Waals surface area contributed by atoms with Crippen molar-refractivity contribution < 1.29 is 5.11 Å². The molecule has 0 amide bonds. The van der Waals surface area contributed by atoms with Gasteiger partial charge in [0.1, 0.15) is 5.65 Å². The number of hydrogen-bond acceptors (Lipinski definition) is 5. The van der Waals surface area contributed by atoms with Gasteiger partial charge in [-0.1, -0.05) is 41.9 Å². The highest BCUT2D eigenvalue weighted by Crippen LogP contribution is 2.36. The molecule has 6 rings (SSSR count). The summed E-state index contributed by atoms with van der Waals surface area (Å²) in [5.41, 5.74) is 5.37. The molecular formula is C26H22ClN5O2. The van der Waals surface area contributed by atoms with E-state index in [2.05, 4.69) is 26.1 Å². The van der Waals surface area contributed by atoms with E-state index in [9.17, 15) is 9.90 Å². The molecule has 1 aliphatic heterocycles. The number of pyridine rings is 2. The number of H-pyrrole nitrogens is 2. The molecule has 3 N–H and O–H groups in total. The molecule has 7 nitrogen and oxygen atoms in total. The zero-order chi connectivity index (χ0) is 23.2. The average Bonchev–Trinajstić information content (AvgIpc) is 3.48. The Morgan fingerprint density at radius 1 is 1.09 bits per heavy atom. The van der Waals surface area contributed by atoms with E-state index in [1.54, 1.807) is 6.20 Å². The summed E-state index contributed by atoms with van der Waals surface area (Å²) in [6, 6.07) is 17.8. The fourth-order valence-electron chi connectivity index (χ4n) is 4.70. The van der Waals surface area contributed by atoms with Gasteiger partial charge in [-0.15, -0.1) is 0 Å². The largest absolute Gasteiger partial charge is 0.392 e.